The summed E-state index contributed by atoms with van der Waals surface area (Å²) in [5, 5.41) is 4.80. The van der Waals surface area contributed by atoms with Crippen LogP contribution in [0.2, 0.25) is 10.0 Å². The number of hydrogen-bond donors (Lipinski definition) is 1. The topological polar surface area (TPSA) is 84.2 Å². The Labute approximate surface area is 393 Å². The first-order valence-electron chi connectivity index (χ1n) is 21.9. The van der Waals surface area contributed by atoms with Crippen molar-refractivity contribution >= 4 is 34.6 Å². The van der Waals surface area contributed by atoms with Crippen molar-refractivity contribution in [3.63, 3.8) is 0 Å². The van der Waals surface area contributed by atoms with Gasteiger partial charge in [-0.3, -0.25) is 18.7 Å². The number of aromatic nitrogens is 2. The van der Waals surface area contributed by atoms with E-state index in [1.165, 1.54) is 50.9 Å². The highest BCUT2D eigenvalue weighted by Crippen LogP contribution is 2.45. The summed E-state index contributed by atoms with van der Waals surface area (Å²) in [6.45, 7) is 9.66. The van der Waals surface area contributed by atoms with Gasteiger partial charge >= 0.3 is 0 Å². The molecule has 1 N–H and O–H groups in total. The van der Waals surface area contributed by atoms with Crippen LogP contribution in [-0.4, -0.2) is 73.4 Å². The van der Waals surface area contributed by atoms with Gasteiger partial charge in [0.2, 0.25) is 0 Å². The van der Waals surface area contributed by atoms with Crippen LogP contribution in [0.4, 0.5) is 11.4 Å². The minimum absolute atomic E-state index is 0. The summed E-state index contributed by atoms with van der Waals surface area (Å²) < 4.78 is 14.7. The third kappa shape index (κ3) is 11.0. The van der Waals surface area contributed by atoms with Crippen molar-refractivity contribution in [2.45, 2.75) is 53.8 Å². The molecule has 342 valence electrons. The molecule has 2 aromatic heterocycles. The Hall–Kier alpha value is -5.52. The molecule has 0 amide bonds. The molecule has 4 aromatic carbocycles. The molecule has 0 unspecified atom stereocenters. The SMILES string of the molecule is C.C.CN1CCC2(CC1)CN(c1ccc(-n3ccc(OCc4ccccc4)cc3=O)cc1Cl)C2.O=c1cc(OCc2ccccc2)ccn1-c1ccc(N2CC3(CCNCC3)C2)c(Cl)c1. The molecule has 4 aliphatic heterocycles. The number of nitrogens with zero attached hydrogens (tertiary/aromatic N) is 5. The van der Waals surface area contributed by atoms with Crippen molar-refractivity contribution < 1.29 is 9.47 Å². The number of halogens is 2. The molecule has 2 spiro atoms. The minimum atomic E-state index is -0.146. The smallest absolute Gasteiger partial charge is 0.258 e. The normalized spacial score (nSPS) is 17.1. The molecule has 10 rings (SSSR count). The number of hydrogen-bond acceptors (Lipinski definition) is 8. The van der Waals surface area contributed by atoms with Crippen LogP contribution in [0, 0.1) is 10.8 Å². The molecule has 4 fully saturated rings. The number of piperidine rings is 2. The molecule has 10 nitrogen and oxygen atoms in total. The lowest BCUT2D eigenvalue weighted by atomic mass is 9.72. The van der Waals surface area contributed by atoms with Crippen molar-refractivity contribution in [3.05, 3.63) is 176 Å². The van der Waals surface area contributed by atoms with Gasteiger partial charge in [-0.1, -0.05) is 98.7 Å². The van der Waals surface area contributed by atoms with E-state index in [1.54, 1.807) is 21.5 Å². The molecule has 0 atom stereocenters. The number of ether oxygens (including phenoxy) is 2. The van der Waals surface area contributed by atoms with Gasteiger partial charge in [0.15, 0.2) is 0 Å². The predicted molar refractivity (Wildman–Crippen MR) is 267 cm³/mol. The van der Waals surface area contributed by atoms with Crippen molar-refractivity contribution in [1.82, 2.24) is 19.4 Å². The number of nitrogens with one attached hydrogen (secondary N) is 1. The van der Waals surface area contributed by atoms with Crippen LogP contribution >= 0.6 is 23.2 Å². The number of benzene rings is 4. The van der Waals surface area contributed by atoms with Crippen LogP contribution in [0.15, 0.2) is 143 Å². The summed E-state index contributed by atoms with van der Waals surface area (Å²) >= 11 is 13.3. The molecule has 4 aliphatic rings. The molecule has 6 heterocycles. The van der Waals surface area contributed by atoms with E-state index in [1.807, 2.05) is 109 Å². The second-order valence-electron chi connectivity index (χ2n) is 17.7. The standard InChI is InChI=1S/C26H28ClN3O2.C25H26ClN3O2.2CH4/c1-28-13-10-26(11-14-28)18-29(19-26)24-8-7-21(15-23(24)27)30-12-9-22(16-25(30)31)32-17-20-5-3-2-4-6-20;26-22-14-20(6-7-23(22)28-17-25(18-28)9-11-27-12-10-25)29-13-8-21(15-24(29)30)31-16-19-4-2-1-3-5-19;;/h2-9,12,15-16H,10-11,13-14,17-19H2,1H3;1-8,13-15,27H,9-12,16-18H2;2*1H4. The molecule has 0 bridgehead atoms. The molecule has 4 saturated heterocycles. The van der Waals surface area contributed by atoms with E-state index in [9.17, 15) is 9.59 Å². The van der Waals surface area contributed by atoms with Crippen LogP contribution in [-0.2, 0) is 13.2 Å². The van der Waals surface area contributed by atoms with E-state index in [0.717, 1.165) is 73.1 Å². The highest BCUT2D eigenvalue weighted by atomic mass is 35.5. The van der Waals surface area contributed by atoms with Gasteiger partial charge in [0.1, 0.15) is 24.7 Å². The van der Waals surface area contributed by atoms with E-state index >= 15 is 0 Å². The van der Waals surface area contributed by atoms with E-state index in [4.69, 9.17) is 32.7 Å². The second-order valence-corrected chi connectivity index (χ2v) is 18.5. The van der Waals surface area contributed by atoms with Crippen LogP contribution < -0.4 is 35.7 Å². The summed E-state index contributed by atoms with van der Waals surface area (Å²) in [6.07, 6.45) is 8.45. The summed E-state index contributed by atoms with van der Waals surface area (Å²) in [6, 6.07) is 38.2. The molecule has 65 heavy (non-hydrogen) atoms. The Morgan fingerprint density at radius 1 is 0.554 bits per heavy atom. The van der Waals surface area contributed by atoms with Gasteiger partial charge in [-0.25, -0.2) is 0 Å². The zero-order valence-corrected chi connectivity index (χ0v) is 37.2. The second kappa shape index (κ2) is 20.8. The summed E-state index contributed by atoms with van der Waals surface area (Å²) in [4.78, 5) is 32.5. The highest BCUT2D eigenvalue weighted by molar-refractivity contribution is 6.33. The van der Waals surface area contributed by atoms with E-state index in [-0.39, 0.29) is 26.0 Å². The van der Waals surface area contributed by atoms with Gasteiger partial charge in [0, 0.05) is 61.5 Å². The van der Waals surface area contributed by atoms with Crippen LogP contribution in [0.25, 0.3) is 11.4 Å². The summed E-state index contributed by atoms with van der Waals surface area (Å²) in [5.41, 5.74) is 6.33. The molecule has 6 aromatic rings. The molecular weight excluding hydrogens is 856 g/mol. The summed E-state index contributed by atoms with van der Waals surface area (Å²) in [5.74, 6) is 1.11. The van der Waals surface area contributed by atoms with Gasteiger partial charge in [-0.05, 0) is 119 Å². The summed E-state index contributed by atoms with van der Waals surface area (Å²) in [7, 11) is 2.20. The molecule has 0 aliphatic carbocycles. The monoisotopic (exact) mass is 916 g/mol. The zero-order chi connectivity index (χ0) is 43.4. The minimum Gasteiger partial charge on any atom is -0.489 e. The lowest BCUT2D eigenvalue weighted by Gasteiger charge is -2.55. The molecular formula is C53H62Cl2N6O4. The van der Waals surface area contributed by atoms with Crippen LogP contribution in [0.1, 0.15) is 51.7 Å². The maximum absolute atomic E-state index is 12.7. The Morgan fingerprint density at radius 3 is 1.37 bits per heavy atom. The number of anilines is 2. The maximum Gasteiger partial charge on any atom is 0.258 e. The van der Waals surface area contributed by atoms with Crippen molar-refractivity contribution in [2.24, 2.45) is 10.8 Å². The Bertz CT molecular complexity index is 2630. The average Bonchev–Trinajstić information content (AvgIpc) is 3.28. The van der Waals surface area contributed by atoms with Crippen molar-refractivity contribution in [2.75, 3.05) is 69.2 Å². The number of rotatable bonds is 10. The highest BCUT2D eigenvalue weighted by Gasteiger charge is 2.45. The number of pyridine rings is 2. The lowest BCUT2D eigenvalue weighted by Crippen LogP contribution is -2.60. The van der Waals surface area contributed by atoms with E-state index in [0.29, 0.717) is 45.6 Å². The van der Waals surface area contributed by atoms with E-state index < -0.39 is 0 Å². The third-order valence-electron chi connectivity index (χ3n) is 13.2. The van der Waals surface area contributed by atoms with Gasteiger partial charge < -0.3 is 29.5 Å². The zero-order valence-electron chi connectivity index (χ0n) is 35.7. The van der Waals surface area contributed by atoms with Crippen molar-refractivity contribution in [1.29, 1.82) is 0 Å². The first-order chi connectivity index (χ1) is 30.6. The van der Waals surface area contributed by atoms with Crippen LogP contribution in [0.5, 0.6) is 11.5 Å². The quantitative estimate of drug-likeness (QED) is 0.146. The molecule has 0 radical (unpaired) electrons. The third-order valence-corrected chi connectivity index (χ3v) is 13.8. The lowest BCUT2D eigenvalue weighted by molar-refractivity contribution is 0.0906. The Morgan fingerprint density at radius 2 is 0.969 bits per heavy atom. The van der Waals surface area contributed by atoms with Crippen molar-refractivity contribution in [3.8, 4) is 22.9 Å². The molecule has 0 saturated carbocycles. The predicted octanol–water partition coefficient (Wildman–Crippen LogP) is 10.1. The van der Waals surface area contributed by atoms with Gasteiger partial charge in [0.25, 0.3) is 11.1 Å². The Balaban J connectivity index is 0.000000188. The van der Waals surface area contributed by atoms with Gasteiger partial charge in [-0.15, -0.1) is 0 Å². The first-order valence-corrected chi connectivity index (χ1v) is 22.7. The Kier molecular flexibility index (Phi) is 15.2. The molecule has 12 heteroatoms. The number of likely N-dealkylation sites (tertiary alicyclic amines) is 1. The van der Waals surface area contributed by atoms with Gasteiger partial charge in [0.05, 0.1) is 32.8 Å². The average molecular weight is 918 g/mol. The van der Waals surface area contributed by atoms with Crippen LogP contribution in [0.3, 0.4) is 0 Å². The fraction of sp³-hybridized carbons (Fsp3) is 0.358. The fourth-order valence-electron chi connectivity index (χ4n) is 9.36. The maximum atomic E-state index is 12.7. The first kappa shape index (κ1) is 47.4. The van der Waals surface area contributed by atoms with Gasteiger partial charge in [-0.2, -0.15) is 0 Å². The van der Waals surface area contributed by atoms with E-state index in [2.05, 4.69) is 27.1 Å². The largest absolute Gasteiger partial charge is 0.489 e. The fourth-order valence-corrected chi connectivity index (χ4v) is 9.95.